The van der Waals surface area contributed by atoms with E-state index in [-0.39, 0.29) is 6.61 Å². The monoisotopic (exact) mass is 251 g/mol. The Kier molecular flexibility index (Phi) is 6.39. The minimum absolute atomic E-state index is 0.0275. The Bertz CT molecular complexity index is 353. The fourth-order valence-electron chi connectivity index (χ4n) is 2.00. The Morgan fingerprint density at radius 3 is 2.44 bits per heavy atom. The highest BCUT2D eigenvalue weighted by Crippen LogP contribution is 2.21. The summed E-state index contributed by atoms with van der Waals surface area (Å²) in [7, 11) is 0. The second-order valence-electron chi connectivity index (χ2n) is 4.26. The van der Waals surface area contributed by atoms with Gasteiger partial charge < -0.3 is 10.2 Å². The maximum Gasteiger partial charge on any atom is 0.325 e. The third kappa shape index (κ3) is 4.13. The zero-order chi connectivity index (χ0) is 13.4. The number of carbonyl (C=O) groups is 1. The summed E-state index contributed by atoms with van der Waals surface area (Å²) in [6, 6.07) is 8.49. The molecule has 100 valence electrons. The van der Waals surface area contributed by atoms with E-state index in [1.807, 2.05) is 35.2 Å². The quantitative estimate of drug-likeness (QED) is 0.741. The second kappa shape index (κ2) is 7.84. The van der Waals surface area contributed by atoms with Crippen LogP contribution in [0.15, 0.2) is 30.3 Å². The van der Waals surface area contributed by atoms with Crippen LogP contribution in [-0.2, 0) is 4.79 Å². The first kappa shape index (κ1) is 14.7. The number of rotatable bonds is 8. The van der Waals surface area contributed by atoms with Crippen LogP contribution in [0, 0.1) is 0 Å². The molecule has 1 aromatic rings. The molecule has 2 N–H and O–H groups in total. The molecule has 0 aliphatic heterocycles. The molecule has 0 saturated heterocycles. The molecule has 1 aromatic carbocycles. The van der Waals surface area contributed by atoms with E-state index in [2.05, 4.69) is 6.92 Å². The first-order chi connectivity index (χ1) is 8.70. The number of hydrogen-bond acceptors (Lipinski definition) is 3. The van der Waals surface area contributed by atoms with E-state index in [1.54, 1.807) is 0 Å². The Labute approximate surface area is 108 Å². The first-order valence-corrected chi connectivity index (χ1v) is 6.33. The molecule has 4 nitrogen and oxygen atoms in total. The summed E-state index contributed by atoms with van der Waals surface area (Å²) in [5.74, 6) is -0.870. The molecule has 0 fully saturated rings. The molecule has 0 saturated carbocycles. The van der Waals surface area contributed by atoms with Crippen LogP contribution in [0.3, 0.4) is 0 Å². The molecule has 1 rings (SSSR count). The van der Waals surface area contributed by atoms with Crippen molar-refractivity contribution in [2.24, 2.45) is 0 Å². The van der Waals surface area contributed by atoms with E-state index in [4.69, 9.17) is 5.11 Å². The molecule has 0 aromatic heterocycles. The number of hydrogen-bond donors (Lipinski definition) is 2. The molecule has 0 radical (unpaired) electrons. The summed E-state index contributed by atoms with van der Waals surface area (Å²) >= 11 is 0. The van der Waals surface area contributed by atoms with Crippen LogP contribution in [0.5, 0.6) is 0 Å². The van der Waals surface area contributed by atoms with Gasteiger partial charge >= 0.3 is 5.97 Å². The van der Waals surface area contributed by atoms with Gasteiger partial charge in [0, 0.05) is 6.54 Å². The van der Waals surface area contributed by atoms with Gasteiger partial charge in [0.25, 0.3) is 0 Å². The molecule has 18 heavy (non-hydrogen) atoms. The van der Waals surface area contributed by atoms with Crippen LogP contribution in [0.25, 0.3) is 0 Å². The van der Waals surface area contributed by atoms with Crippen molar-refractivity contribution in [1.29, 1.82) is 0 Å². The first-order valence-electron chi connectivity index (χ1n) is 6.33. The van der Waals surface area contributed by atoms with Crippen molar-refractivity contribution in [3.63, 3.8) is 0 Å². The standard InChI is InChI=1S/C14H21NO3/c1-2-3-9-15(10-11-16)13(14(17)18)12-7-5-4-6-8-12/h4-8,13,16H,2-3,9-11H2,1H3,(H,17,18). The lowest BCUT2D eigenvalue weighted by atomic mass is 10.0. The Morgan fingerprint density at radius 2 is 1.94 bits per heavy atom. The zero-order valence-corrected chi connectivity index (χ0v) is 10.7. The van der Waals surface area contributed by atoms with Crippen LogP contribution < -0.4 is 0 Å². The Hall–Kier alpha value is -1.39. The predicted molar refractivity (Wildman–Crippen MR) is 70.4 cm³/mol. The van der Waals surface area contributed by atoms with Gasteiger partial charge in [0.05, 0.1) is 6.61 Å². The van der Waals surface area contributed by atoms with Crippen molar-refractivity contribution < 1.29 is 15.0 Å². The van der Waals surface area contributed by atoms with E-state index in [0.717, 1.165) is 18.4 Å². The predicted octanol–water partition coefficient (Wildman–Crippen LogP) is 1.91. The fourth-order valence-corrected chi connectivity index (χ4v) is 2.00. The molecule has 4 heteroatoms. The summed E-state index contributed by atoms with van der Waals surface area (Å²) in [6.45, 7) is 3.10. The number of aliphatic carboxylic acids is 1. The third-order valence-corrected chi connectivity index (χ3v) is 2.90. The molecule has 0 aliphatic rings. The number of aliphatic hydroxyl groups is 1. The van der Waals surface area contributed by atoms with Gasteiger partial charge in [-0.15, -0.1) is 0 Å². The van der Waals surface area contributed by atoms with E-state index in [9.17, 15) is 9.90 Å². The normalized spacial score (nSPS) is 12.6. The van der Waals surface area contributed by atoms with Gasteiger partial charge in [-0.3, -0.25) is 9.69 Å². The highest BCUT2D eigenvalue weighted by Gasteiger charge is 2.26. The van der Waals surface area contributed by atoms with E-state index in [0.29, 0.717) is 13.1 Å². The van der Waals surface area contributed by atoms with Gasteiger partial charge in [-0.05, 0) is 18.5 Å². The highest BCUT2D eigenvalue weighted by atomic mass is 16.4. The average molecular weight is 251 g/mol. The fraction of sp³-hybridized carbons (Fsp3) is 0.500. The zero-order valence-electron chi connectivity index (χ0n) is 10.7. The van der Waals surface area contributed by atoms with Gasteiger partial charge in [-0.1, -0.05) is 43.7 Å². The number of carboxylic acid groups (broad SMARTS) is 1. The maximum absolute atomic E-state index is 11.5. The van der Waals surface area contributed by atoms with Crippen LogP contribution in [0.2, 0.25) is 0 Å². The van der Waals surface area contributed by atoms with Gasteiger partial charge in [0.2, 0.25) is 0 Å². The maximum atomic E-state index is 11.5. The largest absolute Gasteiger partial charge is 0.480 e. The van der Waals surface area contributed by atoms with Crippen molar-refractivity contribution in [3.05, 3.63) is 35.9 Å². The molecule has 0 bridgehead atoms. The van der Waals surface area contributed by atoms with E-state index in [1.165, 1.54) is 0 Å². The van der Waals surface area contributed by atoms with Gasteiger partial charge in [-0.2, -0.15) is 0 Å². The Balaban J connectivity index is 2.90. The van der Waals surface area contributed by atoms with Crippen molar-refractivity contribution in [3.8, 4) is 0 Å². The molecule has 0 spiro atoms. The minimum Gasteiger partial charge on any atom is -0.480 e. The van der Waals surface area contributed by atoms with Crippen molar-refractivity contribution in [1.82, 2.24) is 4.90 Å². The van der Waals surface area contributed by atoms with Crippen molar-refractivity contribution in [2.75, 3.05) is 19.7 Å². The molecular weight excluding hydrogens is 230 g/mol. The SMILES string of the molecule is CCCCN(CCO)C(C(=O)O)c1ccccc1. The summed E-state index contributed by atoms with van der Waals surface area (Å²) in [4.78, 5) is 13.3. The second-order valence-corrected chi connectivity index (χ2v) is 4.26. The number of unbranched alkanes of at least 4 members (excludes halogenated alkanes) is 1. The van der Waals surface area contributed by atoms with E-state index >= 15 is 0 Å². The molecule has 0 heterocycles. The lowest BCUT2D eigenvalue weighted by Crippen LogP contribution is -2.36. The lowest BCUT2D eigenvalue weighted by Gasteiger charge is -2.28. The summed E-state index contributed by atoms with van der Waals surface area (Å²) in [5.41, 5.74) is 0.759. The minimum atomic E-state index is -0.870. The highest BCUT2D eigenvalue weighted by molar-refractivity contribution is 5.75. The molecule has 1 unspecified atom stereocenters. The average Bonchev–Trinajstić information content (AvgIpc) is 2.37. The van der Waals surface area contributed by atoms with Gasteiger partial charge in [0.1, 0.15) is 6.04 Å². The van der Waals surface area contributed by atoms with Crippen LogP contribution in [0.1, 0.15) is 31.4 Å². The molecule has 1 atom stereocenters. The van der Waals surface area contributed by atoms with Gasteiger partial charge in [0.15, 0.2) is 0 Å². The number of benzene rings is 1. The lowest BCUT2D eigenvalue weighted by molar-refractivity contribution is -0.143. The number of aliphatic hydroxyl groups excluding tert-OH is 1. The molecule has 0 aliphatic carbocycles. The van der Waals surface area contributed by atoms with Gasteiger partial charge in [-0.25, -0.2) is 0 Å². The molecule has 0 amide bonds. The Morgan fingerprint density at radius 1 is 1.28 bits per heavy atom. The summed E-state index contributed by atoms with van der Waals surface area (Å²) < 4.78 is 0. The van der Waals surface area contributed by atoms with Crippen molar-refractivity contribution in [2.45, 2.75) is 25.8 Å². The third-order valence-electron chi connectivity index (χ3n) is 2.90. The smallest absolute Gasteiger partial charge is 0.325 e. The molecular formula is C14H21NO3. The number of carboxylic acids is 1. The summed E-state index contributed by atoms with van der Waals surface area (Å²) in [5, 5.41) is 18.5. The van der Waals surface area contributed by atoms with E-state index < -0.39 is 12.0 Å². The summed E-state index contributed by atoms with van der Waals surface area (Å²) in [6.07, 6.45) is 1.93. The van der Waals surface area contributed by atoms with Crippen molar-refractivity contribution >= 4 is 5.97 Å². The number of nitrogens with zero attached hydrogens (tertiary/aromatic N) is 1. The van der Waals surface area contributed by atoms with Crippen LogP contribution in [0.4, 0.5) is 0 Å². The van der Waals surface area contributed by atoms with Crippen LogP contribution in [-0.4, -0.2) is 40.8 Å². The van der Waals surface area contributed by atoms with Crippen LogP contribution >= 0.6 is 0 Å². The topological polar surface area (TPSA) is 60.8 Å².